The molecule has 2 heteroatoms. The van der Waals surface area contributed by atoms with Crippen LogP contribution in [0.15, 0.2) is 0 Å². The largest absolute Gasteiger partial charge is 0.381 e. The molecule has 0 bridgehead atoms. The van der Waals surface area contributed by atoms with Crippen LogP contribution in [-0.2, 0) is 4.74 Å². The fourth-order valence-corrected chi connectivity index (χ4v) is 21.9. The van der Waals surface area contributed by atoms with E-state index in [0.29, 0.717) is 22.9 Å². The highest BCUT2D eigenvalue weighted by atomic mass is 28.3. The Hall–Kier alpha value is 0.177. The summed E-state index contributed by atoms with van der Waals surface area (Å²) in [6.07, 6.45) is 23.1. The minimum absolute atomic E-state index is 0.322. The zero-order valence-electron chi connectivity index (χ0n) is 32.2. The molecule has 0 aromatic heterocycles. The van der Waals surface area contributed by atoms with Crippen LogP contribution in [0.4, 0.5) is 0 Å². The van der Waals surface area contributed by atoms with Crippen molar-refractivity contribution in [1.29, 1.82) is 0 Å². The molecule has 0 spiro atoms. The molecular formula is C43H78OSi. The summed E-state index contributed by atoms with van der Waals surface area (Å²) in [5, 5.41) is 0. The van der Waals surface area contributed by atoms with E-state index in [0.717, 1.165) is 76.2 Å². The van der Waals surface area contributed by atoms with E-state index in [1.807, 2.05) is 0 Å². The summed E-state index contributed by atoms with van der Waals surface area (Å²) in [4.78, 5) is 0. The van der Waals surface area contributed by atoms with E-state index in [2.05, 4.69) is 75.6 Å². The third-order valence-corrected chi connectivity index (χ3v) is 22.2. The summed E-state index contributed by atoms with van der Waals surface area (Å²) in [5.74, 6) is 11.2. The number of ether oxygens (including phenoxy) is 1. The topological polar surface area (TPSA) is 9.23 Å². The molecule has 13 unspecified atom stereocenters. The molecule has 6 aliphatic carbocycles. The fourth-order valence-electron chi connectivity index (χ4n) is 15.2. The van der Waals surface area contributed by atoms with Gasteiger partial charge in [-0.15, -0.1) is 0 Å². The van der Waals surface area contributed by atoms with Crippen LogP contribution in [0.3, 0.4) is 0 Å². The van der Waals surface area contributed by atoms with Crippen LogP contribution in [-0.4, -0.2) is 21.3 Å². The van der Waals surface area contributed by atoms with Crippen molar-refractivity contribution >= 4 is 8.07 Å². The highest BCUT2D eigenvalue weighted by Gasteiger charge is 2.63. The van der Waals surface area contributed by atoms with Crippen LogP contribution >= 0.6 is 0 Å². The molecule has 6 fully saturated rings. The van der Waals surface area contributed by atoms with Crippen LogP contribution in [0.2, 0.25) is 24.2 Å². The van der Waals surface area contributed by atoms with Gasteiger partial charge in [-0.25, -0.2) is 0 Å². The SMILES string of the molecule is COC1C(C2CCCCC2)C2CC(C)C([Si](C)(C)C3C(C)CC4C(C5CCCCC5)CC(C(C)(C)C)CC43)C2CC1C(C)(C)C. The molecule has 1 nitrogen and oxygen atoms in total. The van der Waals surface area contributed by atoms with Gasteiger partial charge >= 0.3 is 0 Å². The molecule has 0 radical (unpaired) electrons. The summed E-state index contributed by atoms with van der Waals surface area (Å²) in [6.45, 7) is 26.9. The second kappa shape index (κ2) is 13.1. The third-order valence-electron chi connectivity index (χ3n) is 16.8. The number of methoxy groups -OCH3 is 1. The van der Waals surface area contributed by atoms with E-state index >= 15 is 0 Å². The van der Waals surface area contributed by atoms with Gasteiger partial charge in [-0.2, -0.15) is 0 Å². The fraction of sp³-hybridized carbons (Fsp3) is 1.00. The molecule has 0 aliphatic heterocycles. The van der Waals surface area contributed by atoms with Crippen molar-refractivity contribution in [3.05, 3.63) is 0 Å². The third kappa shape index (κ3) is 6.47. The zero-order valence-corrected chi connectivity index (χ0v) is 33.2. The summed E-state index contributed by atoms with van der Waals surface area (Å²) in [6, 6.07) is 0. The minimum Gasteiger partial charge on any atom is -0.381 e. The predicted molar refractivity (Wildman–Crippen MR) is 197 cm³/mol. The molecule has 6 saturated carbocycles. The molecule has 0 aromatic carbocycles. The Morgan fingerprint density at radius 2 is 1.02 bits per heavy atom. The number of hydrogen-bond donors (Lipinski definition) is 0. The maximum Gasteiger partial charge on any atom is 0.0638 e. The van der Waals surface area contributed by atoms with E-state index in [9.17, 15) is 0 Å². The van der Waals surface area contributed by atoms with Crippen LogP contribution < -0.4 is 0 Å². The lowest BCUT2D eigenvalue weighted by Crippen LogP contribution is -2.54. The van der Waals surface area contributed by atoms with Crippen LogP contribution in [0.1, 0.15) is 152 Å². The van der Waals surface area contributed by atoms with Gasteiger partial charge in [0.1, 0.15) is 0 Å². The molecule has 6 aliphatic rings. The average molecular weight is 639 g/mol. The Balaban J connectivity index is 1.34. The second-order valence-electron chi connectivity index (χ2n) is 21.4. The lowest BCUT2D eigenvalue weighted by atomic mass is 9.56. The van der Waals surface area contributed by atoms with Gasteiger partial charge in [0.2, 0.25) is 0 Å². The Bertz CT molecular complexity index is 975. The van der Waals surface area contributed by atoms with Crippen molar-refractivity contribution in [3.8, 4) is 0 Å². The predicted octanol–water partition coefficient (Wildman–Crippen LogP) is 12.9. The average Bonchev–Trinajstić information content (AvgIpc) is 3.51. The normalized spacial score (nSPS) is 45.8. The smallest absolute Gasteiger partial charge is 0.0638 e. The van der Waals surface area contributed by atoms with Gasteiger partial charge in [-0.3, -0.25) is 0 Å². The van der Waals surface area contributed by atoms with Crippen LogP contribution in [0, 0.1) is 81.8 Å². The van der Waals surface area contributed by atoms with E-state index in [4.69, 9.17) is 4.74 Å². The van der Waals surface area contributed by atoms with Gasteiger partial charge in [0, 0.05) is 7.11 Å². The van der Waals surface area contributed by atoms with Crippen molar-refractivity contribution in [3.63, 3.8) is 0 Å². The monoisotopic (exact) mass is 639 g/mol. The van der Waals surface area contributed by atoms with Gasteiger partial charge in [0.15, 0.2) is 0 Å². The summed E-state index contributed by atoms with van der Waals surface area (Å²) < 4.78 is 6.67. The Morgan fingerprint density at radius 3 is 1.53 bits per heavy atom. The van der Waals surface area contributed by atoms with Crippen LogP contribution in [0.25, 0.3) is 0 Å². The maximum atomic E-state index is 6.67. The highest BCUT2D eigenvalue weighted by Crippen LogP contribution is 2.69. The van der Waals surface area contributed by atoms with Crippen molar-refractivity contribution in [2.24, 2.45) is 81.8 Å². The van der Waals surface area contributed by atoms with E-state index in [1.165, 1.54) is 64.2 Å². The number of rotatable bonds is 5. The minimum atomic E-state index is -1.59. The quantitative estimate of drug-likeness (QED) is 0.272. The summed E-state index contributed by atoms with van der Waals surface area (Å²) >= 11 is 0. The maximum absolute atomic E-state index is 6.67. The molecule has 6 rings (SSSR count). The van der Waals surface area contributed by atoms with Crippen LogP contribution in [0.5, 0.6) is 0 Å². The molecule has 0 heterocycles. The first-order valence-electron chi connectivity index (χ1n) is 20.7. The number of hydrogen-bond acceptors (Lipinski definition) is 1. The van der Waals surface area contributed by atoms with Crippen molar-refractivity contribution in [1.82, 2.24) is 0 Å². The van der Waals surface area contributed by atoms with E-state index in [1.54, 1.807) is 32.1 Å². The van der Waals surface area contributed by atoms with Gasteiger partial charge in [0.25, 0.3) is 0 Å². The molecule has 0 saturated heterocycles. The Kier molecular flexibility index (Phi) is 10.2. The van der Waals surface area contributed by atoms with Gasteiger partial charge in [0.05, 0.1) is 14.2 Å². The van der Waals surface area contributed by atoms with Crippen molar-refractivity contribution in [2.45, 2.75) is 182 Å². The molecule has 0 N–H and O–H groups in total. The summed E-state index contributed by atoms with van der Waals surface area (Å²) in [5.41, 5.74) is 2.82. The molecule has 260 valence electrons. The zero-order chi connectivity index (χ0) is 32.5. The Morgan fingerprint density at radius 1 is 0.533 bits per heavy atom. The highest BCUT2D eigenvalue weighted by molar-refractivity contribution is 6.80. The molecular weight excluding hydrogens is 561 g/mol. The first-order valence-corrected chi connectivity index (χ1v) is 23.8. The van der Waals surface area contributed by atoms with Gasteiger partial charge in [-0.1, -0.05) is 133 Å². The van der Waals surface area contributed by atoms with Crippen molar-refractivity contribution in [2.75, 3.05) is 7.11 Å². The van der Waals surface area contributed by atoms with Gasteiger partial charge in [-0.05, 0) is 125 Å². The lowest BCUT2D eigenvalue weighted by Gasteiger charge is -2.55. The standard InChI is InChI=1S/C43H78OSi/c1-27-22-33-32(29-18-14-12-15-19-29)24-31(42(3,4)5)25-35(33)40(27)45(10,11)41-28(2)23-34-36(41)26-37(43(6,7)8)39(44-9)38(34)30-20-16-13-17-21-30/h27-41H,12-26H2,1-11H3. The Labute approximate surface area is 283 Å². The lowest BCUT2D eigenvalue weighted by molar-refractivity contribution is -0.117. The first kappa shape index (κ1) is 35.0. The second-order valence-corrected chi connectivity index (χ2v) is 26.4. The molecule has 0 amide bonds. The van der Waals surface area contributed by atoms with Gasteiger partial charge < -0.3 is 4.74 Å². The molecule has 13 atom stereocenters. The van der Waals surface area contributed by atoms with E-state index in [-0.39, 0.29) is 0 Å². The molecule has 45 heavy (non-hydrogen) atoms. The molecule has 0 aromatic rings. The van der Waals surface area contributed by atoms with Crippen molar-refractivity contribution < 1.29 is 4.74 Å². The first-order chi connectivity index (χ1) is 21.1. The van der Waals surface area contributed by atoms with E-state index < -0.39 is 8.07 Å². The summed E-state index contributed by atoms with van der Waals surface area (Å²) in [7, 11) is 0.501. The number of fused-ring (bicyclic) bond motifs is 2.